The Bertz CT molecular complexity index is 603. The first-order chi connectivity index (χ1) is 9.84. The van der Waals surface area contributed by atoms with Gasteiger partial charge in [-0.3, -0.25) is 0 Å². The van der Waals surface area contributed by atoms with Crippen molar-refractivity contribution in [2.24, 2.45) is 0 Å². The quantitative estimate of drug-likeness (QED) is 0.559. The van der Waals surface area contributed by atoms with Crippen molar-refractivity contribution in [2.75, 3.05) is 33.9 Å². The fourth-order valence-corrected chi connectivity index (χ4v) is 2.96. The summed E-state index contributed by atoms with van der Waals surface area (Å²) in [5.41, 5.74) is -0.206. The highest BCUT2D eigenvalue weighted by Crippen LogP contribution is 2.21. The maximum Gasteiger partial charge on any atom is 0.339 e. The molecule has 0 aliphatic rings. The van der Waals surface area contributed by atoms with Gasteiger partial charge in [0, 0.05) is 20.2 Å². The van der Waals surface area contributed by atoms with E-state index in [9.17, 15) is 17.6 Å². The van der Waals surface area contributed by atoms with Crippen molar-refractivity contribution < 1.29 is 27.1 Å². The predicted molar refractivity (Wildman–Crippen MR) is 74.0 cm³/mol. The van der Waals surface area contributed by atoms with Crippen molar-refractivity contribution in [3.05, 3.63) is 29.6 Å². The number of hydrogen-bond acceptors (Lipinski definition) is 5. The number of hydrogen-bond donors (Lipinski definition) is 0. The molecule has 21 heavy (non-hydrogen) atoms. The zero-order chi connectivity index (χ0) is 16.0. The molecule has 0 fully saturated rings. The molecule has 0 spiro atoms. The monoisotopic (exact) mass is 319 g/mol. The molecule has 0 radical (unpaired) electrons. The van der Waals surface area contributed by atoms with Crippen LogP contribution in [0.25, 0.3) is 0 Å². The molecule has 1 aromatic rings. The van der Waals surface area contributed by atoms with E-state index in [1.54, 1.807) is 6.92 Å². The fraction of sp³-hybridized carbons (Fsp3) is 0.462. The van der Waals surface area contributed by atoms with Crippen molar-refractivity contribution in [3.8, 4) is 0 Å². The van der Waals surface area contributed by atoms with E-state index in [0.29, 0.717) is 6.61 Å². The number of esters is 1. The van der Waals surface area contributed by atoms with Crippen LogP contribution < -0.4 is 0 Å². The van der Waals surface area contributed by atoms with Gasteiger partial charge < -0.3 is 9.47 Å². The van der Waals surface area contributed by atoms with Gasteiger partial charge in [0.2, 0.25) is 10.0 Å². The molecule has 118 valence electrons. The Morgan fingerprint density at radius 3 is 2.62 bits per heavy atom. The molecule has 0 saturated heterocycles. The van der Waals surface area contributed by atoms with E-state index in [2.05, 4.69) is 4.74 Å². The van der Waals surface area contributed by atoms with Crippen molar-refractivity contribution in [2.45, 2.75) is 11.8 Å². The lowest BCUT2D eigenvalue weighted by molar-refractivity contribution is 0.0596. The van der Waals surface area contributed by atoms with Gasteiger partial charge in [0.25, 0.3) is 0 Å². The Morgan fingerprint density at radius 1 is 1.38 bits per heavy atom. The minimum Gasteiger partial charge on any atom is -0.465 e. The minimum absolute atomic E-state index is 0.0906. The zero-order valence-corrected chi connectivity index (χ0v) is 12.9. The number of sulfonamides is 1. The van der Waals surface area contributed by atoms with E-state index in [1.165, 1.54) is 7.05 Å². The number of likely N-dealkylation sites (N-methyl/N-ethyl adjacent to an activating group) is 1. The Labute approximate surface area is 123 Å². The van der Waals surface area contributed by atoms with Crippen molar-refractivity contribution in [1.29, 1.82) is 0 Å². The normalized spacial score (nSPS) is 11.7. The number of carbonyl (C=O) groups is 1. The number of rotatable bonds is 7. The van der Waals surface area contributed by atoms with Crippen molar-refractivity contribution in [3.63, 3.8) is 0 Å². The summed E-state index contributed by atoms with van der Waals surface area (Å²) >= 11 is 0. The van der Waals surface area contributed by atoms with E-state index in [-0.39, 0.29) is 18.7 Å². The van der Waals surface area contributed by atoms with Gasteiger partial charge in [-0.1, -0.05) is 0 Å². The van der Waals surface area contributed by atoms with Crippen LogP contribution >= 0.6 is 0 Å². The summed E-state index contributed by atoms with van der Waals surface area (Å²) in [5.74, 6) is -1.59. The van der Waals surface area contributed by atoms with Crippen LogP contribution in [0.4, 0.5) is 4.39 Å². The van der Waals surface area contributed by atoms with Crippen LogP contribution in [0.1, 0.15) is 17.3 Å². The summed E-state index contributed by atoms with van der Waals surface area (Å²) in [6.45, 7) is 2.54. The van der Waals surface area contributed by atoms with Crippen LogP contribution in [-0.4, -0.2) is 52.6 Å². The number of halogens is 1. The summed E-state index contributed by atoms with van der Waals surface area (Å²) in [5, 5.41) is 0. The molecule has 0 saturated carbocycles. The first-order valence-electron chi connectivity index (χ1n) is 6.26. The van der Waals surface area contributed by atoms with Gasteiger partial charge in [0.15, 0.2) is 0 Å². The minimum atomic E-state index is -4.02. The predicted octanol–water partition coefficient (Wildman–Crippen LogP) is 1.27. The summed E-state index contributed by atoms with van der Waals surface area (Å²) in [6.07, 6.45) is 0. The molecular formula is C13H18FNO5S. The second-order valence-electron chi connectivity index (χ2n) is 4.16. The van der Waals surface area contributed by atoms with Gasteiger partial charge in [-0.05, 0) is 25.1 Å². The van der Waals surface area contributed by atoms with E-state index in [4.69, 9.17) is 4.74 Å². The van der Waals surface area contributed by atoms with Crippen LogP contribution in [0.3, 0.4) is 0 Å². The molecule has 0 unspecified atom stereocenters. The lowest BCUT2D eigenvalue weighted by Gasteiger charge is -2.18. The fourth-order valence-electron chi connectivity index (χ4n) is 1.61. The lowest BCUT2D eigenvalue weighted by Crippen LogP contribution is -2.31. The van der Waals surface area contributed by atoms with Crippen molar-refractivity contribution >= 4 is 16.0 Å². The average molecular weight is 319 g/mol. The Hall–Kier alpha value is -1.51. The standard InChI is InChI=1S/C13H18FNO5S/c1-4-20-8-7-15(2)21(17,18)12-9-10(14)5-6-11(12)13(16)19-3/h5-6,9H,4,7-8H2,1-3H3. The second-order valence-corrected chi connectivity index (χ2v) is 6.17. The smallest absolute Gasteiger partial charge is 0.339 e. The van der Waals surface area contributed by atoms with Crippen LogP contribution in [0, 0.1) is 5.82 Å². The van der Waals surface area contributed by atoms with E-state index in [0.717, 1.165) is 29.6 Å². The summed E-state index contributed by atoms with van der Waals surface area (Å²) in [4.78, 5) is 11.2. The highest BCUT2D eigenvalue weighted by atomic mass is 32.2. The number of methoxy groups -OCH3 is 1. The summed E-state index contributed by atoms with van der Waals surface area (Å²) < 4.78 is 48.8. The molecule has 0 aliphatic heterocycles. The van der Waals surface area contributed by atoms with E-state index >= 15 is 0 Å². The average Bonchev–Trinajstić information content (AvgIpc) is 2.46. The number of benzene rings is 1. The molecule has 0 N–H and O–H groups in total. The highest BCUT2D eigenvalue weighted by Gasteiger charge is 2.27. The molecule has 0 aromatic heterocycles. The third-order valence-corrected chi connectivity index (χ3v) is 4.69. The van der Waals surface area contributed by atoms with E-state index < -0.39 is 26.7 Å². The molecule has 0 amide bonds. The Kier molecular flexibility index (Phi) is 6.25. The van der Waals surface area contributed by atoms with Gasteiger partial charge in [0.05, 0.1) is 24.2 Å². The zero-order valence-electron chi connectivity index (χ0n) is 12.1. The molecule has 6 nitrogen and oxygen atoms in total. The largest absolute Gasteiger partial charge is 0.465 e. The maximum absolute atomic E-state index is 13.4. The maximum atomic E-state index is 13.4. The first kappa shape index (κ1) is 17.5. The van der Waals surface area contributed by atoms with Gasteiger partial charge in [0.1, 0.15) is 5.82 Å². The summed E-state index contributed by atoms with van der Waals surface area (Å²) in [7, 11) is -1.56. The summed E-state index contributed by atoms with van der Waals surface area (Å²) in [6, 6.07) is 2.90. The van der Waals surface area contributed by atoms with Crippen LogP contribution in [-0.2, 0) is 19.5 Å². The topological polar surface area (TPSA) is 72.9 Å². The first-order valence-corrected chi connectivity index (χ1v) is 7.70. The Morgan fingerprint density at radius 2 is 2.05 bits per heavy atom. The van der Waals surface area contributed by atoms with E-state index in [1.807, 2.05) is 0 Å². The molecule has 0 aliphatic carbocycles. The van der Waals surface area contributed by atoms with Gasteiger partial charge in [-0.25, -0.2) is 17.6 Å². The molecule has 0 heterocycles. The molecule has 8 heteroatoms. The van der Waals surface area contributed by atoms with Gasteiger partial charge in [-0.2, -0.15) is 4.31 Å². The number of ether oxygens (including phenoxy) is 2. The lowest BCUT2D eigenvalue weighted by atomic mass is 10.2. The molecule has 0 atom stereocenters. The molecular weight excluding hydrogens is 301 g/mol. The third-order valence-electron chi connectivity index (χ3n) is 2.79. The Balaban J connectivity index is 3.17. The molecule has 1 rings (SSSR count). The van der Waals surface area contributed by atoms with Gasteiger partial charge >= 0.3 is 5.97 Å². The second kappa shape index (κ2) is 7.48. The van der Waals surface area contributed by atoms with Crippen LogP contribution in [0.5, 0.6) is 0 Å². The third kappa shape index (κ3) is 4.23. The highest BCUT2D eigenvalue weighted by molar-refractivity contribution is 7.89. The number of nitrogens with zero attached hydrogens (tertiary/aromatic N) is 1. The van der Waals surface area contributed by atoms with Crippen LogP contribution in [0.15, 0.2) is 23.1 Å². The number of carbonyl (C=O) groups excluding carboxylic acids is 1. The van der Waals surface area contributed by atoms with Crippen molar-refractivity contribution in [1.82, 2.24) is 4.31 Å². The SMILES string of the molecule is CCOCCN(C)S(=O)(=O)c1cc(F)ccc1C(=O)OC. The molecule has 1 aromatic carbocycles. The van der Waals surface area contributed by atoms with Crippen LogP contribution in [0.2, 0.25) is 0 Å². The van der Waals surface area contributed by atoms with Gasteiger partial charge in [-0.15, -0.1) is 0 Å². The molecule has 0 bridgehead atoms.